The standard InChI is InChI=1S/C29H40ClN5O3/c1-8-24-26(31-9-2)27(36)23(29(33-24)38-7)17-32-28(37)22-15-19(30)16-25(18(22)4)35(10-3)21-13-11-20(12-14-21)34(5)6/h8-9,15-16,20-21H,1,10-14,17H2,2-7H3,(H,32,37)(H,33,36)/b31-9-/t20-,21-. The Morgan fingerprint density at radius 1 is 1.26 bits per heavy atom. The highest BCUT2D eigenvalue weighted by Gasteiger charge is 2.28. The van der Waals surface area contributed by atoms with Gasteiger partial charge in [-0.05, 0) is 84.3 Å². The monoisotopic (exact) mass is 541 g/mol. The first kappa shape index (κ1) is 29.5. The molecule has 0 radical (unpaired) electrons. The number of carbonyl (C=O) groups is 1. The van der Waals surface area contributed by atoms with E-state index < -0.39 is 0 Å². The lowest BCUT2D eigenvalue weighted by atomic mass is 9.89. The molecular weight excluding hydrogens is 502 g/mol. The molecule has 0 spiro atoms. The summed E-state index contributed by atoms with van der Waals surface area (Å²) in [6.45, 7) is 10.3. The third kappa shape index (κ3) is 6.30. The first-order chi connectivity index (χ1) is 18.2. The molecule has 1 aromatic heterocycles. The number of benzene rings is 1. The van der Waals surface area contributed by atoms with Crippen molar-refractivity contribution in [2.75, 3.05) is 32.6 Å². The molecule has 1 heterocycles. The number of ether oxygens (including phenoxy) is 1. The van der Waals surface area contributed by atoms with Crippen LogP contribution in [0.3, 0.4) is 0 Å². The van der Waals surface area contributed by atoms with E-state index in [1.165, 1.54) is 19.4 Å². The van der Waals surface area contributed by atoms with Gasteiger partial charge in [0.25, 0.3) is 5.91 Å². The molecule has 0 unspecified atom stereocenters. The maximum absolute atomic E-state index is 13.4. The molecule has 1 saturated carbocycles. The van der Waals surface area contributed by atoms with Crippen molar-refractivity contribution in [2.24, 2.45) is 4.99 Å². The van der Waals surface area contributed by atoms with E-state index in [1.54, 1.807) is 13.0 Å². The highest BCUT2D eigenvalue weighted by molar-refractivity contribution is 6.31. The SMILES string of the molecule is C=Cc1[nH]c(OC)c(CNC(=O)c2cc(Cl)cc(N(CC)[C@H]3CC[C@H](N(C)C)CC3)c2C)c(=O)c1/N=C\C. The lowest BCUT2D eigenvalue weighted by Crippen LogP contribution is -2.42. The van der Waals surface area contributed by atoms with Crippen molar-refractivity contribution in [3.8, 4) is 5.88 Å². The molecule has 1 aromatic carbocycles. The van der Waals surface area contributed by atoms with Crippen LogP contribution in [0.25, 0.3) is 6.08 Å². The molecule has 3 rings (SSSR count). The fraction of sp³-hybridized carbons (Fsp3) is 0.483. The number of aromatic nitrogens is 1. The van der Waals surface area contributed by atoms with E-state index in [9.17, 15) is 9.59 Å². The molecular formula is C29H40ClN5O3. The van der Waals surface area contributed by atoms with Crippen molar-refractivity contribution in [3.05, 3.63) is 56.3 Å². The van der Waals surface area contributed by atoms with Crippen LogP contribution in [0.15, 0.2) is 28.5 Å². The molecule has 2 N–H and O–H groups in total. The fourth-order valence-corrected chi connectivity index (χ4v) is 5.55. The Kier molecular flexibility index (Phi) is 10.2. The number of anilines is 1. The second-order valence-corrected chi connectivity index (χ2v) is 10.2. The highest BCUT2D eigenvalue weighted by Crippen LogP contribution is 2.34. The zero-order valence-electron chi connectivity index (χ0n) is 23.4. The number of hydrogen-bond donors (Lipinski definition) is 2. The number of pyridine rings is 1. The normalized spacial score (nSPS) is 17.6. The summed E-state index contributed by atoms with van der Waals surface area (Å²) in [7, 11) is 5.75. The van der Waals surface area contributed by atoms with Gasteiger partial charge in [0, 0.05) is 41.1 Å². The van der Waals surface area contributed by atoms with Gasteiger partial charge in [-0.2, -0.15) is 0 Å². The van der Waals surface area contributed by atoms with Crippen LogP contribution < -0.4 is 20.4 Å². The number of H-pyrrole nitrogens is 1. The maximum atomic E-state index is 13.4. The van der Waals surface area contributed by atoms with Crippen molar-refractivity contribution in [1.82, 2.24) is 15.2 Å². The smallest absolute Gasteiger partial charge is 0.251 e. The van der Waals surface area contributed by atoms with Crippen molar-refractivity contribution >= 4 is 41.2 Å². The molecule has 2 aromatic rings. The summed E-state index contributed by atoms with van der Waals surface area (Å²) in [5.41, 5.74) is 2.94. The van der Waals surface area contributed by atoms with Gasteiger partial charge in [-0.25, -0.2) is 0 Å². The second kappa shape index (κ2) is 13.1. The average Bonchev–Trinajstić information content (AvgIpc) is 2.91. The molecule has 0 bridgehead atoms. The number of nitrogens with zero attached hydrogens (tertiary/aromatic N) is 3. The van der Waals surface area contributed by atoms with Gasteiger partial charge in [-0.1, -0.05) is 18.2 Å². The Labute approximate surface area is 230 Å². The molecule has 0 atom stereocenters. The number of nitrogens with one attached hydrogen (secondary N) is 2. The van der Waals surface area contributed by atoms with E-state index in [-0.39, 0.29) is 35.0 Å². The molecule has 0 aliphatic heterocycles. The van der Waals surface area contributed by atoms with Gasteiger partial charge in [0.2, 0.25) is 5.43 Å². The molecule has 1 aliphatic carbocycles. The summed E-state index contributed by atoms with van der Waals surface area (Å²) in [6.07, 6.45) is 7.53. The summed E-state index contributed by atoms with van der Waals surface area (Å²) in [5.74, 6) is -0.0531. The molecule has 1 amide bonds. The van der Waals surface area contributed by atoms with Crippen LogP contribution in [-0.4, -0.2) is 61.8 Å². The molecule has 38 heavy (non-hydrogen) atoms. The molecule has 206 valence electrons. The van der Waals surface area contributed by atoms with Crippen molar-refractivity contribution < 1.29 is 9.53 Å². The molecule has 9 heteroatoms. The summed E-state index contributed by atoms with van der Waals surface area (Å²) in [6, 6.07) is 4.64. The quantitative estimate of drug-likeness (QED) is 0.396. The summed E-state index contributed by atoms with van der Waals surface area (Å²) < 4.78 is 5.40. The highest BCUT2D eigenvalue weighted by atomic mass is 35.5. The second-order valence-electron chi connectivity index (χ2n) is 9.81. The van der Waals surface area contributed by atoms with Crippen molar-refractivity contribution in [2.45, 2.75) is 65.1 Å². The Hall–Kier alpha value is -3.10. The Bertz CT molecular complexity index is 1250. The lowest BCUT2D eigenvalue weighted by molar-refractivity contribution is 0.0950. The minimum atomic E-state index is -0.331. The van der Waals surface area contributed by atoms with Crippen LogP contribution in [0, 0.1) is 6.92 Å². The van der Waals surface area contributed by atoms with Gasteiger partial charge < -0.3 is 24.8 Å². The van der Waals surface area contributed by atoms with Gasteiger partial charge in [0.15, 0.2) is 5.88 Å². The number of hydrogen-bond acceptors (Lipinski definition) is 6. The topological polar surface area (TPSA) is 90.0 Å². The lowest BCUT2D eigenvalue weighted by Gasteiger charge is -2.40. The Balaban J connectivity index is 1.88. The Morgan fingerprint density at radius 3 is 2.47 bits per heavy atom. The van der Waals surface area contributed by atoms with Crippen LogP contribution in [0.4, 0.5) is 11.4 Å². The van der Waals surface area contributed by atoms with E-state index in [0.29, 0.717) is 28.4 Å². The third-order valence-corrected chi connectivity index (χ3v) is 7.65. The van der Waals surface area contributed by atoms with E-state index in [2.05, 4.69) is 52.7 Å². The van der Waals surface area contributed by atoms with Gasteiger partial charge in [0.1, 0.15) is 5.69 Å². The zero-order chi connectivity index (χ0) is 28.0. The van der Waals surface area contributed by atoms with Gasteiger partial charge in [-0.15, -0.1) is 0 Å². The van der Waals surface area contributed by atoms with Crippen LogP contribution >= 0.6 is 11.6 Å². The molecule has 1 aliphatic rings. The number of methoxy groups -OCH3 is 1. The minimum absolute atomic E-state index is 0.0334. The van der Waals surface area contributed by atoms with Crippen LogP contribution in [0.2, 0.25) is 5.02 Å². The fourth-order valence-electron chi connectivity index (χ4n) is 5.34. The van der Waals surface area contributed by atoms with Gasteiger partial charge >= 0.3 is 0 Å². The van der Waals surface area contributed by atoms with Crippen molar-refractivity contribution in [1.29, 1.82) is 0 Å². The minimum Gasteiger partial charge on any atom is -0.482 e. The third-order valence-electron chi connectivity index (χ3n) is 7.44. The summed E-state index contributed by atoms with van der Waals surface area (Å²) >= 11 is 6.54. The van der Waals surface area contributed by atoms with E-state index in [1.807, 2.05) is 13.0 Å². The first-order valence-electron chi connectivity index (χ1n) is 13.1. The van der Waals surface area contributed by atoms with Crippen LogP contribution in [0.1, 0.15) is 66.7 Å². The predicted molar refractivity (Wildman–Crippen MR) is 158 cm³/mol. The van der Waals surface area contributed by atoms with Gasteiger partial charge in [0.05, 0.1) is 24.9 Å². The number of rotatable bonds is 10. The van der Waals surface area contributed by atoms with Gasteiger partial charge in [-0.3, -0.25) is 14.6 Å². The first-order valence-corrected chi connectivity index (χ1v) is 13.5. The number of aromatic amines is 1. The van der Waals surface area contributed by atoms with E-state index in [0.717, 1.165) is 43.5 Å². The number of aliphatic imine (C=N–C) groups is 1. The van der Waals surface area contributed by atoms with Crippen LogP contribution in [0.5, 0.6) is 5.88 Å². The zero-order valence-corrected chi connectivity index (χ0v) is 24.1. The Morgan fingerprint density at radius 2 is 1.92 bits per heavy atom. The summed E-state index contributed by atoms with van der Waals surface area (Å²) in [5, 5.41) is 3.39. The van der Waals surface area contributed by atoms with E-state index in [4.69, 9.17) is 16.3 Å². The molecule has 0 saturated heterocycles. The predicted octanol–water partition coefficient (Wildman–Crippen LogP) is 5.34. The molecule has 1 fully saturated rings. The number of amides is 1. The van der Waals surface area contributed by atoms with Crippen molar-refractivity contribution in [3.63, 3.8) is 0 Å². The average molecular weight is 542 g/mol. The van der Waals surface area contributed by atoms with E-state index >= 15 is 0 Å². The van der Waals surface area contributed by atoms with Crippen LogP contribution in [-0.2, 0) is 6.54 Å². The maximum Gasteiger partial charge on any atom is 0.251 e. The largest absolute Gasteiger partial charge is 0.482 e. The molecule has 8 nitrogen and oxygen atoms in total. The number of carbonyl (C=O) groups excluding carboxylic acids is 1. The summed E-state index contributed by atoms with van der Waals surface area (Å²) in [4.78, 5) is 38.5. The number of halogens is 1.